The molecular weight excluding hydrogens is 296 g/mol. The molecule has 2 aromatic rings. The van der Waals surface area contributed by atoms with Crippen LogP contribution >= 0.6 is 0 Å². The van der Waals surface area contributed by atoms with E-state index in [0.717, 1.165) is 5.56 Å². The first-order valence-electron chi connectivity index (χ1n) is 7.42. The number of hydrogen-bond acceptors (Lipinski definition) is 5. The molecule has 0 fully saturated rings. The summed E-state index contributed by atoms with van der Waals surface area (Å²) in [6, 6.07) is 12.7. The Kier molecular flexibility index (Phi) is 4.48. The first kappa shape index (κ1) is 15.4. The van der Waals surface area contributed by atoms with Gasteiger partial charge in [-0.2, -0.15) is 0 Å². The zero-order valence-electron chi connectivity index (χ0n) is 12.8. The number of aryl methyl sites for hydroxylation is 1. The fourth-order valence-electron chi connectivity index (χ4n) is 2.30. The topological polar surface area (TPSA) is 65.0 Å². The van der Waals surface area contributed by atoms with Crippen molar-refractivity contribution in [3.05, 3.63) is 53.6 Å². The van der Waals surface area contributed by atoms with Crippen molar-refractivity contribution >= 4 is 5.78 Å². The minimum atomic E-state index is -0.758. The van der Waals surface area contributed by atoms with Crippen molar-refractivity contribution in [2.75, 3.05) is 19.8 Å². The fraction of sp³-hybridized carbons (Fsp3) is 0.278. The van der Waals surface area contributed by atoms with Crippen molar-refractivity contribution in [2.45, 2.75) is 13.0 Å². The third-order valence-electron chi connectivity index (χ3n) is 3.49. The summed E-state index contributed by atoms with van der Waals surface area (Å²) in [6.45, 7) is 2.29. The number of carbonyl (C=O) groups is 1. The van der Waals surface area contributed by atoms with Gasteiger partial charge in [-0.25, -0.2) is 0 Å². The SMILES string of the molecule is Cc1cccc(OCC(O)COc2ccc3c(c2)OCC3=O)c1. The Hall–Kier alpha value is -2.53. The molecule has 0 amide bonds. The van der Waals surface area contributed by atoms with E-state index in [9.17, 15) is 9.90 Å². The lowest BCUT2D eigenvalue weighted by Gasteiger charge is -2.14. The van der Waals surface area contributed by atoms with E-state index in [1.165, 1.54) is 0 Å². The smallest absolute Gasteiger partial charge is 0.203 e. The lowest BCUT2D eigenvalue weighted by Crippen LogP contribution is -2.25. The van der Waals surface area contributed by atoms with Gasteiger partial charge in [-0.3, -0.25) is 4.79 Å². The summed E-state index contributed by atoms with van der Waals surface area (Å²) in [4.78, 5) is 11.5. The second-order valence-electron chi connectivity index (χ2n) is 5.46. The summed E-state index contributed by atoms with van der Waals surface area (Å²) in [5, 5.41) is 9.94. The van der Waals surface area contributed by atoms with E-state index in [4.69, 9.17) is 14.2 Å². The summed E-state index contributed by atoms with van der Waals surface area (Å²) in [5.41, 5.74) is 1.67. The van der Waals surface area contributed by atoms with E-state index in [2.05, 4.69) is 0 Å². The van der Waals surface area contributed by atoms with Crippen LogP contribution < -0.4 is 14.2 Å². The number of aliphatic hydroxyl groups is 1. The van der Waals surface area contributed by atoms with Crippen molar-refractivity contribution < 1.29 is 24.1 Å². The molecule has 5 nitrogen and oxygen atoms in total. The van der Waals surface area contributed by atoms with Crippen LogP contribution in [0.3, 0.4) is 0 Å². The van der Waals surface area contributed by atoms with E-state index in [-0.39, 0.29) is 25.6 Å². The zero-order valence-corrected chi connectivity index (χ0v) is 12.8. The van der Waals surface area contributed by atoms with Crippen LogP contribution in [0.2, 0.25) is 0 Å². The number of fused-ring (bicyclic) bond motifs is 1. The maximum absolute atomic E-state index is 11.5. The first-order valence-corrected chi connectivity index (χ1v) is 7.42. The van der Waals surface area contributed by atoms with E-state index < -0.39 is 6.10 Å². The molecule has 0 radical (unpaired) electrons. The standard InChI is InChI=1S/C18H18O5/c1-12-3-2-4-14(7-12)21-9-13(19)10-22-15-5-6-16-17(20)11-23-18(16)8-15/h2-8,13,19H,9-11H2,1H3. The highest BCUT2D eigenvalue weighted by Crippen LogP contribution is 2.29. The molecule has 1 N–H and O–H groups in total. The van der Waals surface area contributed by atoms with Crippen LogP contribution in [0.5, 0.6) is 17.2 Å². The Balaban J connectivity index is 1.49. The number of benzene rings is 2. The van der Waals surface area contributed by atoms with Crippen LogP contribution in [-0.2, 0) is 0 Å². The third-order valence-corrected chi connectivity index (χ3v) is 3.49. The number of Topliss-reactive ketones (excluding diaryl/α,β-unsaturated/α-hetero) is 1. The maximum atomic E-state index is 11.5. The molecule has 0 bridgehead atoms. The summed E-state index contributed by atoms with van der Waals surface area (Å²) < 4.78 is 16.3. The van der Waals surface area contributed by atoms with Gasteiger partial charge in [-0.05, 0) is 36.8 Å². The lowest BCUT2D eigenvalue weighted by atomic mass is 10.1. The Morgan fingerprint density at radius 2 is 1.87 bits per heavy atom. The van der Waals surface area contributed by atoms with E-state index >= 15 is 0 Å². The summed E-state index contributed by atoms with van der Waals surface area (Å²) in [5.74, 6) is 1.76. The second kappa shape index (κ2) is 6.71. The average Bonchev–Trinajstić information content (AvgIpc) is 2.92. The van der Waals surface area contributed by atoms with Gasteiger partial charge in [0.2, 0.25) is 5.78 Å². The largest absolute Gasteiger partial charge is 0.491 e. The van der Waals surface area contributed by atoms with E-state index in [0.29, 0.717) is 22.8 Å². The summed E-state index contributed by atoms with van der Waals surface area (Å²) in [6.07, 6.45) is -0.758. The molecule has 5 heteroatoms. The van der Waals surface area contributed by atoms with Crippen LogP contribution in [0.4, 0.5) is 0 Å². The highest BCUT2D eigenvalue weighted by atomic mass is 16.5. The Morgan fingerprint density at radius 3 is 2.61 bits per heavy atom. The van der Waals surface area contributed by atoms with Gasteiger partial charge in [0, 0.05) is 6.07 Å². The Bertz CT molecular complexity index is 710. The number of ether oxygens (including phenoxy) is 3. The van der Waals surface area contributed by atoms with Crippen LogP contribution in [0.1, 0.15) is 15.9 Å². The molecule has 120 valence electrons. The predicted octanol–water partition coefficient (Wildman–Crippen LogP) is 2.39. The first-order chi connectivity index (χ1) is 11.1. The predicted molar refractivity (Wildman–Crippen MR) is 84.4 cm³/mol. The fourth-order valence-corrected chi connectivity index (χ4v) is 2.30. The minimum absolute atomic E-state index is 0.0295. The molecule has 1 aliphatic heterocycles. The molecule has 0 aromatic heterocycles. The Morgan fingerprint density at radius 1 is 1.13 bits per heavy atom. The van der Waals surface area contributed by atoms with Crippen LogP contribution in [0.15, 0.2) is 42.5 Å². The second-order valence-corrected chi connectivity index (χ2v) is 5.46. The Labute approximate surface area is 134 Å². The van der Waals surface area contributed by atoms with Crippen molar-refractivity contribution in [3.8, 4) is 17.2 Å². The molecule has 1 heterocycles. The van der Waals surface area contributed by atoms with Crippen LogP contribution in [0, 0.1) is 6.92 Å². The summed E-state index contributed by atoms with van der Waals surface area (Å²) in [7, 11) is 0. The van der Waals surface area contributed by atoms with Crippen molar-refractivity contribution in [2.24, 2.45) is 0 Å². The van der Waals surface area contributed by atoms with Gasteiger partial charge in [-0.1, -0.05) is 12.1 Å². The molecule has 1 unspecified atom stereocenters. The monoisotopic (exact) mass is 314 g/mol. The quantitative estimate of drug-likeness (QED) is 0.887. The average molecular weight is 314 g/mol. The number of rotatable bonds is 6. The normalized spacial score (nSPS) is 14.1. The molecule has 0 saturated heterocycles. The van der Waals surface area contributed by atoms with Gasteiger partial charge in [0.1, 0.15) is 36.6 Å². The van der Waals surface area contributed by atoms with Gasteiger partial charge in [0.15, 0.2) is 6.61 Å². The van der Waals surface area contributed by atoms with Gasteiger partial charge in [0.05, 0.1) is 5.56 Å². The number of carbonyl (C=O) groups excluding carboxylic acids is 1. The zero-order chi connectivity index (χ0) is 16.2. The molecule has 0 aliphatic carbocycles. The molecule has 3 rings (SSSR count). The van der Waals surface area contributed by atoms with Crippen molar-refractivity contribution in [3.63, 3.8) is 0 Å². The molecule has 0 spiro atoms. The highest BCUT2D eigenvalue weighted by molar-refractivity contribution is 6.02. The van der Waals surface area contributed by atoms with Gasteiger partial charge < -0.3 is 19.3 Å². The molecule has 1 aliphatic rings. The van der Waals surface area contributed by atoms with Crippen LogP contribution in [-0.4, -0.2) is 36.8 Å². The number of aliphatic hydroxyl groups excluding tert-OH is 1. The van der Waals surface area contributed by atoms with Crippen molar-refractivity contribution in [1.29, 1.82) is 0 Å². The van der Waals surface area contributed by atoms with Gasteiger partial charge in [-0.15, -0.1) is 0 Å². The molecule has 2 aromatic carbocycles. The van der Waals surface area contributed by atoms with E-state index in [1.807, 2.05) is 31.2 Å². The maximum Gasteiger partial charge on any atom is 0.203 e. The molecule has 1 atom stereocenters. The number of ketones is 1. The molecule has 23 heavy (non-hydrogen) atoms. The van der Waals surface area contributed by atoms with Gasteiger partial charge in [0.25, 0.3) is 0 Å². The summed E-state index contributed by atoms with van der Waals surface area (Å²) >= 11 is 0. The van der Waals surface area contributed by atoms with Crippen molar-refractivity contribution in [1.82, 2.24) is 0 Å². The van der Waals surface area contributed by atoms with Gasteiger partial charge >= 0.3 is 0 Å². The molecule has 0 saturated carbocycles. The number of hydrogen-bond donors (Lipinski definition) is 1. The third kappa shape index (κ3) is 3.81. The highest BCUT2D eigenvalue weighted by Gasteiger charge is 2.21. The molecular formula is C18H18O5. The van der Waals surface area contributed by atoms with E-state index in [1.54, 1.807) is 18.2 Å². The minimum Gasteiger partial charge on any atom is -0.491 e. The van der Waals surface area contributed by atoms with Crippen LogP contribution in [0.25, 0.3) is 0 Å². The lowest BCUT2D eigenvalue weighted by molar-refractivity contribution is 0.0625.